The van der Waals surface area contributed by atoms with Gasteiger partial charge in [0.15, 0.2) is 11.6 Å². The zero-order valence-electron chi connectivity index (χ0n) is 12.9. The summed E-state index contributed by atoms with van der Waals surface area (Å²) in [6.45, 7) is -0.0634. The number of hydrogen-bond acceptors (Lipinski definition) is 5. The molecule has 1 N–H and O–H groups in total. The van der Waals surface area contributed by atoms with Crippen LogP contribution in [0.15, 0.2) is 48.8 Å². The Morgan fingerprint density at radius 3 is 2.80 bits per heavy atom. The van der Waals surface area contributed by atoms with Crippen molar-refractivity contribution < 1.29 is 18.3 Å². The Hall–Kier alpha value is -3.36. The van der Waals surface area contributed by atoms with Crippen molar-refractivity contribution in [2.75, 3.05) is 5.32 Å². The molecule has 1 heterocycles. The summed E-state index contributed by atoms with van der Waals surface area (Å²) < 4.78 is 33.7. The number of aromatic nitrogens is 4. The van der Waals surface area contributed by atoms with Gasteiger partial charge in [-0.25, -0.2) is 13.5 Å². The van der Waals surface area contributed by atoms with Gasteiger partial charge >= 0.3 is 0 Å². The average molecular weight is 345 g/mol. The first-order chi connectivity index (χ1) is 12.1. The summed E-state index contributed by atoms with van der Waals surface area (Å²) >= 11 is 0. The molecule has 0 aliphatic heterocycles. The number of ether oxygens (including phenoxy) is 1. The van der Waals surface area contributed by atoms with Crippen LogP contribution in [0.25, 0.3) is 0 Å². The molecule has 3 rings (SSSR count). The summed E-state index contributed by atoms with van der Waals surface area (Å²) in [5.41, 5.74) is 0.854. The van der Waals surface area contributed by atoms with Crippen molar-refractivity contribution >= 4 is 11.6 Å². The van der Waals surface area contributed by atoms with Crippen LogP contribution in [0.2, 0.25) is 0 Å². The first-order valence-electron chi connectivity index (χ1n) is 7.27. The van der Waals surface area contributed by atoms with Gasteiger partial charge in [-0.2, -0.15) is 0 Å². The highest BCUT2D eigenvalue weighted by Crippen LogP contribution is 2.22. The number of nitrogens with one attached hydrogen (secondary N) is 1. The normalized spacial score (nSPS) is 10.5. The van der Waals surface area contributed by atoms with Crippen LogP contribution in [0.5, 0.6) is 5.75 Å². The molecule has 1 amide bonds. The van der Waals surface area contributed by atoms with Crippen LogP contribution in [0, 0.1) is 11.6 Å². The molecule has 0 saturated heterocycles. The summed E-state index contributed by atoms with van der Waals surface area (Å²) in [5.74, 6) is -1.43. The second-order valence-corrected chi connectivity index (χ2v) is 5.12. The van der Waals surface area contributed by atoms with Crippen LogP contribution in [-0.2, 0) is 17.9 Å². The second kappa shape index (κ2) is 7.47. The smallest absolute Gasteiger partial charge is 0.246 e. The molecule has 0 spiro atoms. The molecule has 0 radical (unpaired) electrons. The predicted molar refractivity (Wildman–Crippen MR) is 83.6 cm³/mol. The quantitative estimate of drug-likeness (QED) is 0.740. The molecular formula is C16H13F2N5O2. The fourth-order valence-electron chi connectivity index (χ4n) is 2.08. The lowest BCUT2D eigenvalue weighted by atomic mass is 10.2. The van der Waals surface area contributed by atoms with E-state index >= 15 is 0 Å². The Balaban J connectivity index is 1.59. The van der Waals surface area contributed by atoms with Gasteiger partial charge in [-0.3, -0.25) is 4.79 Å². The Labute approximate surface area is 141 Å². The van der Waals surface area contributed by atoms with Gasteiger partial charge in [0.25, 0.3) is 0 Å². The highest BCUT2D eigenvalue weighted by atomic mass is 19.1. The Morgan fingerprint density at radius 2 is 2.08 bits per heavy atom. The van der Waals surface area contributed by atoms with Crippen LogP contribution in [0.1, 0.15) is 5.56 Å². The molecule has 2 aromatic carbocycles. The van der Waals surface area contributed by atoms with Crippen molar-refractivity contribution in [1.29, 1.82) is 0 Å². The third-order valence-electron chi connectivity index (χ3n) is 3.20. The van der Waals surface area contributed by atoms with E-state index < -0.39 is 11.7 Å². The first-order valence-corrected chi connectivity index (χ1v) is 7.27. The highest BCUT2D eigenvalue weighted by molar-refractivity contribution is 5.90. The maximum Gasteiger partial charge on any atom is 0.246 e. The number of carbonyl (C=O) groups excluding carboxylic acids is 1. The predicted octanol–water partition coefficient (Wildman–Crippen LogP) is 2.17. The number of benzene rings is 2. The number of halogens is 2. The van der Waals surface area contributed by atoms with Gasteiger partial charge in [0.2, 0.25) is 5.91 Å². The van der Waals surface area contributed by atoms with Crippen molar-refractivity contribution in [3.8, 4) is 5.75 Å². The Kier molecular flexibility index (Phi) is 4.93. The summed E-state index contributed by atoms with van der Waals surface area (Å²) in [5, 5.41) is 12.9. The lowest BCUT2D eigenvalue weighted by Gasteiger charge is -2.10. The van der Waals surface area contributed by atoms with Crippen molar-refractivity contribution in [1.82, 2.24) is 20.2 Å². The van der Waals surface area contributed by atoms with Crippen LogP contribution in [-0.4, -0.2) is 26.1 Å². The molecule has 25 heavy (non-hydrogen) atoms. The van der Waals surface area contributed by atoms with Gasteiger partial charge in [0, 0.05) is 11.8 Å². The van der Waals surface area contributed by atoms with E-state index in [0.717, 1.165) is 6.07 Å². The fourth-order valence-corrected chi connectivity index (χ4v) is 2.08. The molecule has 128 valence electrons. The number of tetrazole rings is 1. The summed E-state index contributed by atoms with van der Waals surface area (Å²) in [7, 11) is 0. The minimum Gasteiger partial charge on any atom is -0.486 e. The van der Waals surface area contributed by atoms with Gasteiger partial charge in [-0.1, -0.05) is 12.1 Å². The zero-order chi connectivity index (χ0) is 17.6. The number of carbonyl (C=O) groups is 1. The highest BCUT2D eigenvalue weighted by Gasteiger charge is 2.09. The van der Waals surface area contributed by atoms with E-state index in [4.69, 9.17) is 4.74 Å². The van der Waals surface area contributed by atoms with Crippen molar-refractivity contribution in [3.63, 3.8) is 0 Å². The molecule has 0 aliphatic rings. The number of anilines is 1. The molecule has 0 atom stereocenters. The van der Waals surface area contributed by atoms with Crippen LogP contribution in [0.3, 0.4) is 0 Å². The lowest BCUT2D eigenvalue weighted by molar-refractivity contribution is -0.116. The molecule has 0 aliphatic carbocycles. The molecule has 1 aromatic heterocycles. The molecule has 0 unspecified atom stereocenters. The van der Waals surface area contributed by atoms with Crippen LogP contribution >= 0.6 is 0 Å². The maximum atomic E-state index is 14.1. The third-order valence-corrected chi connectivity index (χ3v) is 3.20. The van der Waals surface area contributed by atoms with Gasteiger partial charge in [-0.15, -0.1) is 5.10 Å². The topological polar surface area (TPSA) is 81.9 Å². The molecule has 7 nitrogen and oxygen atoms in total. The van der Waals surface area contributed by atoms with E-state index in [2.05, 4.69) is 20.8 Å². The lowest BCUT2D eigenvalue weighted by Crippen LogP contribution is -2.19. The van der Waals surface area contributed by atoms with Gasteiger partial charge in [0.1, 0.15) is 25.3 Å². The molecule has 0 fully saturated rings. The van der Waals surface area contributed by atoms with Crippen molar-refractivity contribution in [3.05, 3.63) is 66.0 Å². The number of rotatable bonds is 6. The van der Waals surface area contributed by atoms with Crippen molar-refractivity contribution in [2.24, 2.45) is 0 Å². The molecular weight excluding hydrogens is 332 g/mol. The second-order valence-electron chi connectivity index (χ2n) is 5.12. The summed E-state index contributed by atoms with van der Waals surface area (Å²) in [6, 6.07) is 9.88. The standard InChI is InChI=1S/C16H13F2N5O2/c17-12-3-1-2-11(6-12)9-25-15-5-4-13(7-14(15)18)20-16(24)8-23-10-19-21-22-23/h1-7,10H,8-9H2,(H,20,24). The van der Waals surface area contributed by atoms with Crippen LogP contribution in [0.4, 0.5) is 14.5 Å². The van der Waals surface area contributed by atoms with E-state index in [0.29, 0.717) is 5.56 Å². The van der Waals surface area contributed by atoms with E-state index in [1.165, 1.54) is 35.3 Å². The summed E-state index contributed by atoms with van der Waals surface area (Å²) in [6.07, 6.45) is 1.30. The van der Waals surface area contributed by atoms with Crippen molar-refractivity contribution in [2.45, 2.75) is 13.2 Å². The maximum absolute atomic E-state index is 14.1. The number of nitrogens with zero attached hydrogens (tertiary/aromatic N) is 4. The summed E-state index contributed by atoms with van der Waals surface area (Å²) in [4.78, 5) is 11.8. The fraction of sp³-hybridized carbons (Fsp3) is 0.125. The molecule has 3 aromatic rings. The average Bonchev–Trinajstić information content (AvgIpc) is 3.07. The molecule has 0 saturated carbocycles. The van der Waals surface area contributed by atoms with Crippen LogP contribution < -0.4 is 10.1 Å². The van der Waals surface area contributed by atoms with Gasteiger partial charge < -0.3 is 10.1 Å². The van der Waals surface area contributed by atoms with E-state index in [9.17, 15) is 13.6 Å². The van der Waals surface area contributed by atoms with Gasteiger partial charge in [0.05, 0.1) is 0 Å². The Bertz CT molecular complexity index is 871. The minimum atomic E-state index is -0.642. The van der Waals surface area contributed by atoms with E-state index in [-0.39, 0.29) is 30.4 Å². The van der Waals surface area contributed by atoms with E-state index in [1.54, 1.807) is 12.1 Å². The molecule has 0 bridgehead atoms. The SMILES string of the molecule is O=C(Cn1cnnn1)Nc1ccc(OCc2cccc(F)c2)c(F)c1. The largest absolute Gasteiger partial charge is 0.486 e. The monoisotopic (exact) mass is 345 g/mol. The third kappa shape index (κ3) is 4.56. The zero-order valence-corrected chi connectivity index (χ0v) is 12.9. The number of amides is 1. The van der Waals surface area contributed by atoms with Gasteiger partial charge in [-0.05, 0) is 40.3 Å². The molecule has 9 heteroatoms. The minimum absolute atomic E-state index is 0.00253. The Morgan fingerprint density at radius 1 is 1.20 bits per heavy atom. The first kappa shape index (κ1) is 16.5. The number of hydrogen-bond donors (Lipinski definition) is 1. The van der Waals surface area contributed by atoms with E-state index in [1.807, 2.05) is 0 Å².